The van der Waals surface area contributed by atoms with E-state index < -0.39 is 0 Å². The zero-order chi connectivity index (χ0) is 13.4. The summed E-state index contributed by atoms with van der Waals surface area (Å²) in [7, 11) is 0. The minimum atomic E-state index is 0.168. The second-order valence-corrected chi connectivity index (χ2v) is 5.49. The summed E-state index contributed by atoms with van der Waals surface area (Å²) < 4.78 is 0. The summed E-state index contributed by atoms with van der Waals surface area (Å²) in [6.07, 6.45) is 3.93. The molecule has 1 aliphatic heterocycles. The summed E-state index contributed by atoms with van der Waals surface area (Å²) in [6, 6.07) is 0. The average Bonchev–Trinajstić information content (AvgIpc) is 2.81. The molecular formula is C14H20N4O. The highest BCUT2D eigenvalue weighted by atomic mass is 16.2. The number of hydrogen-bond donors (Lipinski definition) is 0. The molecular weight excluding hydrogens is 240 g/mol. The van der Waals surface area contributed by atoms with Crippen LogP contribution in [0.2, 0.25) is 0 Å². The van der Waals surface area contributed by atoms with Crippen LogP contribution in [0.1, 0.15) is 37.4 Å². The number of rotatable bonds is 1. The van der Waals surface area contributed by atoms with Gasteiger partial charge in [-0.2, -0.15) is 0 Å². The quantitative estimate of drug-likeness (QED) is 0.761. The molecule has 1 aromatic heterocycles. The molecule has 5 nitrogen and oxygen atoms in total. The lowest BCUT2D eigenvalue weighted by Crippen LogP contribution is -2.48. The zero-order valence-electron chi connectivity index (χ0n) is 11.6. The monoisotopic (exact) mass is 260 g/mol. The summed E-state index contributed by atoms with van der Waals surface area (Å²) in [6.45, 7) is 7.22. The largest absolute Gasteiger partial charge is 0.353 e. The van der Waals surface area contributed by atoms with Gasteiger partial charge in [0.25, 0.3) is 0 Å². The Hall–Kier alpha value is -1.65. The number of anilines is 1. The van der Waals surface area contributed by atoms with Gasteiger partial charge >= 0.3 is 0 Å². The van der Waals surface area contributed by atoms with Crippen molar-refractivity contribution in [3.8, 4) is 0 Å². The molecule has 0 radical (unpaired) electrons. The van der Waals surface area contributed by atoms with Crippen LogP contribution in [-0.4, -0.2) is 47.0 Å². The van der Waals surface area contributed by atoms with E-state index >= 15 is 0 Å². The maximum Gasteiger partial charge on any atom is 0.219 e. The topological polar surface area (TPSA) is 49.3 Å². The Morgan fingerprint density at radius 2 is 2.00 bits per heavy atom. The summed E-state index contributed by atoms with van der Waals surface area (Å²) in [5.41, 5.74) is 2.55. The van der Waals surface area contributed by atoms with Crippen molar-refractivity contribution in [2.24, 2.45) is 0 Å². The highest BCUT2D eigenvalue weighted by Gasteiger charge is 2.28. The molecule has 5 heteroatoms. The lowest BCUT2D eigenvalue weighted by Gasteiger charge is -2.36. The number of nitrogens with zero attached hydrogens (tertiary/aromatic N) is 4. The Kier molecular flexibility index (Phi) is 3.12. The van der Waals surface area contributed by atoms with Gasteiger partial charge in [-0.3, -0.25) is 4.79 Å². The smallest absolute Gasteiger partial charge is 0.219 e. The molecule has 2 aliphatic rings. The molecule has 0 bridgehead atoms. The van der Waals surface area contributed by atoms with E-state index in [2.05, 4.69) is 21.8 Å². The fourth-order valence-corrected chi connectivity index (χ4v) is 3.11. The Morgan fingerprint density at radius 3 is 2.68 bits per heavy atom. The molecule has 0 saturated carbocycles. The van der Waals surface area contributed by atoms with Gasteiger partial charge in [-0.25, -0.2) is 9.97 Å². The van der Waals surface area contributed by atoms with Crippen LogP contribution < -0.4 is 4.90 Å². The molecule has 1 atom stereocenters. The molecule has 1 fully saturated rings. The second kappa shape index (κ2) is 4.79. The molecule has 1 aromatic rings. The normalized spacial score (nSPS) is 22.5. The summed E-state index contributed by atoms with van der Waals surface area (Å²) >= 11 is 0. The van der Waals surface area contributed by atoms with E-state index in [1.165, 1.54) is 17.7 Å². The number of aryl methyl sites for hydroxylation is 1. The molecule has 102 valence electrons. The average molecular weight is 260 g/mol. The molecule has 0 spiro atoms. The van der Waals surface area contributed by atoms with Crippen LogP contribution in [0.15, 0.2) is 6.33 Å². The first-order valence-electron chi connectivity index (χ1n) is 7.01. The van der Waals surface area contributed by atoms with Crippen LogP contribution in [0, 0.1) is 0 Å². The van der Waals surface area contributed by atoms with Crippen LogP contribution in [-0.2, 0) is 11.2 Å². The van der Waals surface area contributed by atoms with Crippen molar-refractivity contribution in [2.75, 3.05) is 31.1 Å². The molecule has 1 saturated heterocycles. The lowest BCUT2D eigenvalue weighted by molar-refractivity contribution is -0.129. The number of hydrogen-bond acceptors (Lipinski definition) is 4. The predicted molar refractivity (Wildman–Crippen MR) is 73.2 cm³/mol. The third-order valence-corrected chi connectivity index (χ3v) is 4.28. The van der Waals surface area contributed by atoms with E-state index in [1.807, 2.05) is 4.90 Å². The van der Waals surface area contributed by atoms with Gasteiger partial charge in [0.2, 0.25) is 5.91 Å². The molecule has 0 unspecified atom stereocenters. The molecule has 0 N–H and O–H groups in total. The molecule has 1 aliphatic carbocycles. The minimum Gasteiger partial charge on any atom is -0.353 e. The van der Waals surface area contributed by atoms with Crippen LogP contribution in [0.4, 0.5) is 5.82 Å². The van der Waals surface area contributed by atoms with E-state index in [0.29, 0.717) is 5.92 Å². The van der Waals surface area contributed by atoms with Gasteiger partial charge < -0.3 is 9.80 Å². The first kappa shape index (κ1) is 12.4. The number of amides is 1. The number of aromatic nitrogens is 2. The maximum atomic E-state index is 11.4. The Labute approximate surface area is 113 Å². The summed E-state index contributed by atoms with van der Waals surface area (Å²) in [5.74, 6) is 1.82. The number of piperazine rings is 1. The standard InChI is InChI=1S/C14H20N4O/c1-10-3-4-12-13(10)14(16-9-15-12)18-7-5-17(6-8-18)11(2)19/h9-10H,3-8H2,1-2H3/t10-/m1/s1. The fraction of sp³-hybridized carbons (Fsp3) is 0.643. The third-order valence-electron chi connectivity index (χ3n) is 4.28. The number of carbonyl (C=O) groups is 1. The van der Waals surface area contributed by atoms with Gasteiger partial charge in [0.05, 0.1) is 0 Å². The Bertz CT molecular complexity index is 494. The van der Waals surface area contributed by atoms with Crippen molar-refractivity contribution in [1.82, 2.24) is 14.9 Å². The maximum absolute atomic E-state index is 11.4. The fourth-order valence-electron chi connectivity index (χ4n) is 3.11. The van der Waals surface area contributed by atoms with Gasteiger partial charge in [-0.1, -0.05) is 6.92 Å². The van der Waals surface area contributed by atoms with Crippen LogP contribution in [0.25, 0.3) is 0 Å². The van der Waals surface area contributed by atoms with E-state index in [9.17, 15) is 4.79 Å². The summed E-state index contributed by atoms with van der Waals surface area (Å²) in [4.78, 5) is 24.5. The third kappa shape index (κ3) is 2.17. The molecule has 3 rings (SSSR count). The van der Waals surface area contributed by atoms with E-state index in [0.717, 1.165) is 38.4 Å². The zero-order valence-corrected chi connectivity index (χ0v) is 11.6. The van der Waals surface area contributed by atoms with Gasteiger partial charge in [-0.15, -0.1) is 0 Å². The predicted octanol–water partition coefficient (Wildman–Crippen LogP) is 1.19. The van der Waals surface area contributed by atoms with Crippen molar-refractivity contribution in [3.63, 3.8) is 0 Å². The Balaban J connectivity index is 1.81. The number of fused-ring (bicyclic) bond motifs is 1. The van der Waals surface area contributed by atoms with Crippen molar-refractivity contribution in [2.45, 2.75) is 32.6 Å². The van der Waals surface area contributed by atoms with Gasteiger partial charge in [0.1, 0.15) is 12.1 Å². The van der Waals surface area contributed by atoms with Crippen LogP contribution in [0.5, 0.6) is 0 Å². The van der Waals surface area contributed by atoms with Crippen molar-refractivity contribution in [1.29, 1.82) is 0 Å². The van der Waals surface area contributed by atoms with Crippen molar-refractivity contribution < 1.29 is 4.79 Å². The SMILES string of the molecule is CC(=O)N1CCN(c2ncnc3c2[C@H](C)CC3)CC1. The molecule has 0 aromatic carbocycles. The van der Waals surface area contributed by atoms with E-state index in [4.69, 9.17) is 0 Å². The van der Waals surface area contributed by atoms with Gasteiger partial charge in [0, 0.05) is 44.4 Å². The highest BCUT2D eigenvalue weighted by Crippen LogP contribution is 2.37. The van der Waals surface area contributed by atoms with Crippen LogP contribution >= 0.6 is 0 Å². The lowest BCUT2D eigenvalue weighted by atomic mass is 10.1. The molecule has 19 heavy (non-hydrogen) atoms. The molecule has 2 heterocycles. The number of carbonyl (C=O) groups excluding carboxylic acids is 1. The van der Waals surface area contributed by atoms with E-state index in [-0.39, 0.29) is 5.91 Å². The first-order valence-corrected chi connectivity index (χ1v) is 7.01. The minimum absolute atomic E-state index is 0.168. The summed E-state index contributed by atoms with van der Waals surface area (Å²) in [5, 5.41) is 0. The van der Waals surface area contributed by atoms with Crippen molar-refractivity contribution in [3.05, 3.63) is 17.6 Å². The van der Waals surface area contributed by atoms with Crippen LogP contribution in [0.3, 0.4) is 0 Å². The molecule has 1 amide bonds. The highest BCUT2D eigenvalue weighted by molar-refractivity contribution is 5.73. The van der Waals surface area contributed by atoms with E-state index in [1.54, 1.807) is 13.3 Å². The van der Waals surface area contributed by atoms with Crippen molar-refractivity contribution >= 4 is 11.7 Å². The first-order chi connectivity index (χ1) is 9.16. The second-order valence-electron chi connectivity index (χ2n) is 5.49. The Morgan fingerprint density at radius 1 is 1.26 bits per heavy atom. The van der Waals surface area contributed by atoms with Gasteiger partial charge in [0.15, 0.2) is 0 Å². The van der Waals surface area contributed by atoms with Gasteiger partial charge in [-0.05, 0) is 18.8 Å².